The lowest BCUT2D eigenvalue weighted by Crippen LogP contribution is -2.27. The molecule has 3 rings (SSSR count). The molecule has 0 aromatic carbocycles. The maximum atomic E-state index is 12.3. The molecule has 0 atom stereocenters. The van der Waals surface area contributed by atoms with Gasteiger partial charge in [-0.15, -0.1) is 0 Å². The van der Waals surface area contributed by atoms with Crippen LogP contribution in [0.5, 0.6) is 5.88 Å². The van der Waals surface area contributed by atoms with Gasteiger partial charge >= 0.3 is 12.1 Å². The van der Waals surface area contributed by atoms with Gasteiger partial charge in [0, 0.05) is 37.1 Å². The zero-order chi connectivity index (χ0) is 21.7. The Bertz CT molecular complexity index is 918. The zero-order valence-electron chi connectivity index (χ0n) is 15.7. The predicted molar refractivity (Wildman–Crippen MR) is 96.3 cm³/mol. The third-order valence-corrected chi connectivity index (χ3v) is 4.32. The Kier molecular flexibility index (Phi) is 6.38. The highest BCUT2D eigenvalue weighted by molar-refractivity contribution is 6.02. The van der Waals surface area contributed by atoms with Crippen molar-refractivity contribution in [2.75, 3.05) is 26.3 Å². The molecule has 2 aromatic heterocycles. The van der Waals surface area contributed by atoms with Crippen LogP contribution in [-0.4, -0.2) is 65.0 Å². The molecule has 0 aliphatic carbocycles. The van der Waals surface area contributed by atoms with Crippen LogP contribution in [0, 0.1) is 0 Å². The fourth-order valence-corrected chi connectivity index (χ4v) is 2.81. The predicted octanol–water partition coefficient (Wildman–Crippen LogP) is 2.63. The number of esters is 1. The van der Waals surface area contributed by atoms with Gasteiger partial charge in [0.05, 0.1) is 5.56 Å². The number of pyridine rings is 1. The molecule has 160 valence electrons. The summed E-state index contributed by atoms with van der Waals surface area (Å²) in [5, 5.41) is 0. The summed E-state index contributed by atoms with van der Waals surface area (Å²) in [4.78, 5) is 44.5. The maximum absolute atomic E-state index is 12.3. The lowest BCUT2D eigenvalue weighted by atomic mass is 10.2. The fourth-order valence-electron chi connectivity index (χ4n) is 2.81. The third-order valence-electron chi connectivity index (χ3n) is 4.32. The van der Waals surface area contributed by atoms with Crippen molar-refractivity contribution in [3.8, 4) is 5.88 Å². The molecule has 3 heterocycles. The molecule has 1 aliphatic heterocycles. The summed E-state index contributed by atoms with van der Waals surface area (Å²) in [5.74, 6) is -1.88. The molecule has 1 aliphatic rings. The van der Waals surface area contributed by atoms with Gasteiger partial charge in [-0.05, 0) is 25.0 Å². The Labute approximate surface area is 169 Å². The average Bonchev–Trinajstić information content (AvgIpc) is 3.42. The third kappa shape index (κ3) is 5.58. The number of hydrogen-bond donors (Lipinski definition) is 1. The standard InChI is InChI=1S/C19H18F3N3O5/c20-19(21,22)11-30-16-4-3-12(8-24-16)18(28)29-10-15(26)13-7-14(23-9-13)17(27)25-5-1-2-6-25/h3-4,7-9,23H,1-2,5-6,10-11H2. The van der Waals surface area contributed by atoms with Crippen LogP contribution in [0.15, 0.2) is 30.6 Å². The van der Waals surface area contributed by atoms with E-state index in [2.05, 4.69) is 14.7 Å². The Morgan fingerprint density at radius 2 is 1.87 bits per heavy atom. The summed E-state index contributed by atoms with van der Waals surface area (Å²) in [7, 11) is 0. The van der Waals surface area contributed by atoms with Gasteiger partial charge in [-0.25, -0.2) is 9.78 Å². The number of H-pyrrole nitrogens is 1. The van der Waals surface area contributed by atoms with Crippen molar-refractivity contribution in [3.05, 3.63) is 47.4 Å². The first kappa shape index (κ1) is 21.3. The van der Waals surface area contributed by atoms with Gasteiger partial charge in [0.15, 0.2) is 13.2 Å². The number of nitrogens with one attached hydrogen (secondary N) is 1. The number of ketones is 1. The summed E-state index contributed by atoms with van der Waals surface area (Å²) >= 11 is 0. The topological polar surface area (TPSA) is 102 Å². The van der Waals surface area contributed by atoms with Crippen LogP contribution in [0.25, 0.3) is 0 Å². The number of aromatic nitrogens is 2. The van der Waals surface area contributed by atoms with Crippen LogP contribution in [0.2, 0.25) is 0 Å². The number of ether oxygens (including phenoxy) is 2. The molecule has 1 fully saturated rings. The monoisotopic (exact) mass is 425 g/mol. The smallest absolute Gasteiger partial charge is 0.422 e. The molecule has 1 amide bonds. The summed E-state index contributed by atoms with van der Waals surface area (Å²) in [6, 6.07) is 3.67. The van der Waals surface area contributed by atoms with Gasteiger partial charge in [0.25, 0.3) is 5.91 Å². The Hall–Kier alpha value is -3.37. The van der Waals surface area contributed by atoms with Gasteiger partial charge in [0.1, 0.15) is 5.69 Å². The van der Waals surface area contributed by atoms with Crippen molar-refractivity contribution in [3.63, 3.8) is 0 Å². The molecular formula is C19H18F3N3O5. The number of carbonyl (C=O) groups excluding carboxylic acids is 3. The van der Waals surface area contributed by atoms with E-state index in [1.54, 1.807) is 4.90 Å². The van der Waals surface area contributed by atoms with E-state index in [-0.39, 0.29) is 28.6 Å². The minimum atomic E-state index is -4.50. The fraction of sp³-hybridized carbons (Fsp3) is 0.368. The number of aromatic amines is 1. The minimum Gasteiger partial charge on any atom is -0.468 e. The van der Waals surface area contributed by atoms with Gasteiger partial charge in [-0.3, -0.25) is 9.59 Å². The quantitative estimate of drug-likeness (QED) is 0.541. The van der Waals surface area contributed by atoms with E-state index in [0.717, 1.165) is 25.1 Å². The molecule has 8 nitrogen and oxygen atoms in total. The number of alkyl halides is 3. The molecule has 1 N–H and O–H groups in total. The summed E-state index contributed by atoms with van der Waals surface area (Å²) in [6.07, 6.45) is -0.261. The Balaban J connectivity index is 1.51. The van der Waals surface area contributed by atoms with E-state index in [1.807, 2.05) is 0 Å². The number of likely N-dealkylation sites (tertiary alicyclic amines) is 1. The van der Waals surface area contributed by atoms with Gasteiger partial charge in [0.2, 0.25) is 11.7 Å². The van der Waals surface area contributed by atoms with Crippen LogP contribution in [0.1, 0.15) is 44.0 Å². The molecule has 0 bridgehead atoms. The number of halogens is 3. The second-order valence-corrected chi connectivity index (χ2v) is 6.59. The van der Waals surface area contributed by atoms with E-state index < -0.39 is 31.1 Å². The van der Waals surface area contributed by atoms with Crippen molar-refractivity contribution < 1.29 is 37.0 Å². The van der Waals surface area contributed by atoms with E-state index >= 15 is 0 Å². The molecule has 0 spiro atoms. The van der Waals surface area contributed by atoms with Crippen molar-refractivity contribution in [2.24, 2.45) is 0 Å². The summed E-state index contributed by atoms with van der Waals surface area (Å²) in [6.45, 7) is -0.725. The van der Waals surface area contributed by atoms with Gasteiger partial charge < -0.3 is 19.4 Å². The molecule has 0 saturated carbocycles. The van der Waals surface area contributed by atoms with Crippen molar-refractivity contribution in [1.82, 2.24) is 14.9 Å². The SMILES string of the molecule is O=C(COC(=O)c1ccc(OCC(F)(F)F)nc1)c1c[nH]c(C(=O)N2CCCC2)c1. The maximum Gasteiger partial charge on any atom is 0.422 e. The second kappa shape index (κ2) is 8.97. The lowest BCUT2D eigenvalue weighted by Gasteiger charge is -2.13. The first-order chi connectivity index (χ1) is 14.2. The number of nitrogens with zero attached hydrogens (tertiary/aromatic N) is 2. The van der Waals surface area contributed by atoms with E-state index in [4.69, 9.17) is 4.74 Å². The number of carbonyl (C=O) groups is 3. The van der Waals surface area contributed by atoms with Crippen molar-refractivity contribution in [1.29, 1.82) is 0 Å². The van der Waals surface area contributed by atoms with Crippen LogP contribution in [0.3, 0.4) is 0 Å². The highest BCUT2D eigenvalue weighted by Crippen LogP contribution is 2.17. The second-order valence-electron chi connectivity index (χ2n) is 6.59. The number of amides is 1. The van der Waals surface area contributed by atoms with Crippen LogP contribution < -0.4 is 4.74 Å². The lowest BCUT2D eigenvalue weighted by molar-refractivity contribution is -0.154. The molecular weight excluding hydrogens is 407 g/mol. The average molecular weight is 425 g/mol. The van der Waals surface area contributed by atoms with Crippen LogP contribution in [-0.2, 0) is 4.74 Å². The Morgan fingerprint density at radius 1 is 1.13 bits per heavy atom. The van der Waals surface area contributed by atoms with E-state index in [1.165, 1.54) is 18.3 Å². The Morgan fingerprint density at radius 3 is 2.50 bits per heavy atom. The minimum absolute atomic E-state index is 0.0545. The molecule has 11 heteroatoms. The molecule has 1 saturated heterocycles. The van der Waals surface area contributed by atoms with Gasteiger partial charge in [-0.2, -0.15) is 13.2 Å². The highest BCUT2D eigenvalue weighted by atomic mass is 19.4. The van der Waals surface area contributed by atoms with Crippen molar-refractivity contribution in [2.45, 2.75) is 19.0 Å². The number of rotatable bonds is 7. The molecule has 2 aromatic rings. The van der Waals surface area contributed by atoms with Crippen molar-refractivity contribution >= 4 is 17.7 Å². The normalized spacial score (nSPS) is 13.9. The number of Topliss-reactive ketones (excluding diaryl/α,β-unsaturated/α-hetero) is 1. The number of hydrogen-bond acceptors (Lipinski definition) is 6. The van der Waals surface area contributed by atoms with E-state index in [0.29, 0.717) is 13.1 Å². The van der Waals surface area contributed by atoms with Gasteiger partial charge in [-0.1, -0.05) is 0 Å². The summed E-state index contributed by atoms with van der Waals surface area (Å²) < 4.78 is 45.7. The first-order valence-corrected chi connectivity index (χ1v) is 9.06. The molecule has 0 radical (unpaired) electrons. The summed E-state index contributed by atoms with van der Waals surface area (Å²) in [5.41, 5.74) is 0.422. The molecule has 0 unspecified atom stereocenters. The van der Waals surface area contributed by atoms with E-state index in [9.17, 15) is 27.6 Å². The first-order valence-electron chi connectivity index (χ1n) is 9.06. The largest absolute Gasteiger partial charge is 0.468 e. The zero-order valence-corrected chi connectivity index (χ0v) is 15.7. The molecule has 30 heavy (non-hydrogen) atoms. The highest BCUT2D eigenvalue weighted by Gasteiger charge is 2.28. The van der Waals surface area contributed by atoms with Crippen LogP contribution >= 0.6 is 0 Å². The van der Waals surface area contributed by atoms with Crippen LogP contribution in [0.4, 0.5) is 13.2 Å².